The maximum atomic E-state index is 5.79. The van der Waals surface area contributed by atoms with Crippen LogP contribution >= 0.6 is 11.6 Å². The molecule has 1 fully saturated rings. The molecule has 0 aliphatic heterocycles. The molecule has 1 aliphatic carbocycles. The van der Waals surface area contributed by atoms with Gasteiger partial charge in [0.1, 0.15) is 0 Å². The number of nitrogens with zero attached hydrogens (tertiary/aromatic N) is 2. The third kappa shape index (κ3) is 2.55. The molecule has 1 aromatic rings. The molecule has 1 atom stereocenters. The molecule has 88 valence electrons. The molecule has 3 N–H and O–H groups in total. The molecule has 0 bridgehead atoms. The van der Waals surface area contributed by atoms with Crippen molar-refractivity contribution in [2.45, 2.75) is 38.6 Å². The van der Waals surface area contributed by atoms with Gasteiger partial charge in [0.05, 0.1) is 11.9 Å². The number of aromatic nitrogens is 2. The highest BCUT2D eigenvalue weighted by molar-refractivity contribution is 6.28. The monoisotopic (exact) mass is 240 g/mol. The van der Waals surface area contributed by atoms with Crippen LogP contribution in [0.1, 0.15) is 32.6 Å². The van der Waals surface area contributed by atoms with E-state index >= 15 is 0 Å². The predicted molar refractivity (Wildman–Crippen MR) is 66.5 cm³/mol. The van der Waals surface area contributed by atoms with Gasteiger partial charge in [-0.15, -0.1) is 0 Å². The first kappa shape index (κ1) is 11.5. The Morgan fingerprint density at radius 2 is 2.19 bits per heavy atom. The number of hydrogen-bond donors (Lipinski definition) is 2. The lowest BCUT2D eigenvalue weighted by molar-refractivity contribution is 0.481. The zero-order valence-electron chi connectivity index (χ0n) is 9.41. The predicted octanol–water partition coefficient (Wildman–Crippen LogP) is 2.70. The van der Waals surface area contributed by atoms with Crippen LogP contribution in [0.4, 0.5) is 11.5 Å². The van der Waals surface area contributed by atoms with Crippen LogP contribution < -0.4 is 11.1 Å². The van der Waals surface area contributed by atoms with Crippen molar-refractivity contribution in [2.75, 3.05) is 11.1 Å². The van der Waals surface area contributed by atoms with Gasteiger partial charge >= 0.3 is 0 Å². The first-order valence-electron chi connectivity index (χ1n) is 5.71. The molecule has 1 unspecified atom stereocenters. The van der Waals surface area contributed by atoms with Gasteiger partial charge in [0, 0.05) is 6.04 Å². The fourth-order valence-corrected chi connectivity index (χ4v) is 2.41. The molecule has 1 aliphatic rings. The van der Waals surface area contributed by atoms with Crippen LogP contribution in [0.25, 0.3) is 0 Å². The van der Waals surface area contributed by atoms with Crippen LogP contribution in [0, 0.1) is 5.92 Å². The average molecular weight is 241 g/mol. The Morgan fingerprint density at radius 1 is 1.50 bits per heavy atom. The third-order valence-electron chi connectivity index (χ3n) is 3.26. The summed E-state index contributed by atoms with van der Waals surface area (Å²) >= 11 is 5.74. The zero-order valence-corrected chi connectivity index (χ0v) is 10.2. The molecule has 16 heavy (non-hydrogen) atoms. The molecule has 4 nitrogen and oxygen atoms in total. The first-order chi connectivity index (χ1) is 7.66. The molecule has 5 heteroatoms. The van der Waals surface area contributed by atoms with E-state index in [2.05, 4.69) is 22.2 Å². The number of nitrogens with one attached hydrogen (secondary N) is 1. The van der Waals surface area contributed by atoms with Crippen LogP contribution in [0.3, 0.4) is 0 Å². The van der Waals surface area contributed by atoms with Crippen molar-refractivity contribution in [2.24, 2.45) is 5.92 Å². The fourth-order valence-electron chi connectivity index (χ4n) is 2.28. The minimum Gasteiger partial charge on any atom is -0.394 e. The summed E-state index contributed by atoms with van der Waals surface area (Å²) in [6.45, 7) is 2.17. The van der Waals surface area contributed by atoms with Crippen molar-refractivity contribution in [1.82, 2.24) is 9.97 Å². The quantitative estimate of drug-likeness (QED) is 0.798. The highest BCUT2D eigenvalue weighted by Crippen LogP contribution is 2.29. The number of nitrogens with two attached hydrogens (primary N) is 1. The third-order valence-corrected chi connectivity index (χ3v) is 3.44. The minimum atomic E-state index is 0.232. The van der Waals surface area contributed by atoms with E-state index in [4.69, 9.17) is 17.3 Å². The van der Waals surface area contributed by atoms with Gasteiger partial charge in [-0.1, -0.05) is 12.8 Å². The highest BCUT2D eigenvalue weighted by atomic mass is 35.5. The number of hydrogen-bond acceptors (Lipinski definition) is 4. The Labute approximate surface area is 101 Å². The summed E-state index contributed by atoms with van der Waals surface area (Å²) in [6.07, 6.45) is 6.77. The molecule has 2 rings (SSSR count). The van der Waals surface area contributed by atoms with Crippen molar-refractivity contribution < 1.29 is 0 Å². The molecule has 0 amide bonds. The molecule has 0 radical (unpaired) electrons. The summed E-state index contributed by atoms with van der Waals surface area (Å²) < 4.78 is 0. The van der Waals surface area contributed by atoms with Crippen molar-refractivity contribution in [3.05, 3.63) is 11.5 Å². The summed E-state index contributed by atoms with van der Waals surface area (Å²) in [4.78, 5) is 7.94. The Balaban J connectivity index is 2.04. The van der Waals surface area contributed by atoms with Crippen molar-refractivity contribution in [1.29, 1.82) is 0 Å². The normalized spacial score (nSPS) is 18.6. The van der Waals surface area contributed by atoms with Crippen molar-refractivity contribution in [3.63, 3.8) is 0 Å². The van der Waals surface area contributed by atoms with E-state index in [9.17, 15) is 0 Å². The van der Waals surface area contributed by atoms with Gasteiger partial charge in [0.2, 0.25) is 5.28 Å². The Kier molecular flexibility index (Phi) is 3.49. The van der Waals surface area contributed by atoms with Gasteiger partial charge in [0.25, 0.3) is 0 Å². The number of rotatable bonds is 3. The molecule has 0 aromatic carbocycles. The Morgan fingerprint density at radius 3 is 2.88 bits per heavy atom. The second kappa shape index (κ2) is 4.87. The van der Waals surface area contributed by atoms with Crippen LogP contribution in [-0.4, -0.2) is 16.0 Å². The Hall–Kier alpha value is -1.03. The number of halogens is 1. The van der Waals surface area contributed by atoms with Crippen LogP contribution in [-0.2, 0) is 0 Å². The van der Waals surface area contributed by atoms with E-state index in [0.29, 0.717) is 23.5 Å². The Bertz CT molecular complexity index is 363. The smallest absolute Gasteiger partial charge is 0.224 e. The molecular weight excluding hydrogens is 224 g/mol. The maximum Gasteiger partial charge on any atom is 0.224 e. The second-order valence-corrected chi connectivity index (χ2v) is 4.76. The number of anilines is 2. The van der Waals surface area contributed by atoms with E-state index in [1.807, 2.05) is 0 Å². The topological polar surface area (TPSA) is 63.8 Å². The lowest BCUT2D eigenvalue weighted by atomic mass is 10.00. The molecule has 1 aromatic heterocycles. The van der Waals surface area contributed by atoms with E-state index < -0.39 is 0 Å². The summed E-state index contributed by atoms with van der Waals surface area (Å²) in [5, 5.41) is 3.56. The summed E-state index contributed by atoms with van der Waals surface area (Å²) in [7, 11) is 0. The zero-order chi connectivity index (χ0) is 11.5. The fraction of sp³-hybridized carbons (Fsp3) is 0.636. The van der Waals surface area contributed by atoms with Crippen LogP contribution in [0.15, 0.2) is 6.20 Å². The molecular formula is C11H17ClN4. The lowest BCUT2D eigenvalue weighted by Gasteiger charge is -2.21. The molecule has 1 saturated carbocycles. The summed E-state index contributed by atoms with van der Waals surface area (Å²) in [5.74, 6) is 1.37. The summed E-state index contributed by atoms with van der Waals surface area (Å²) in [5.41, 5.74) is 6.34. The molecule has 1 heterocycles. The van der Waals surface area contributed by atoms with Gasteiger partial charge in [-0.2, -0.15) is 4.98 Å². The van der Waals surface area contributed by atoms with E-state index in [1.165, 1.54) is 25.7 Å². The average Bonchev–Trinajstić information content (AvgIpc) is 2.76. The van der Waals surface area contributed by atoms with Crippen molar-refractivity contribution in [3.8, 4) is 0 Å². The van der Waals surface area contributed by atoms with E-state index in [-0.39, 0.29) is 5.28 Å². The molecule has 0 saturated heterocycles. The van der Waals surface area contributed by atoms with Gasteiger partial charge < -0.3 is 11.1 Å². The number of nitrogen functional groups attached to an aromatic ring is 1. The van der Waals surface area contributed by atoms with Gasteiger partial charge in [-0.05, 0) is 37.3 Å². The highest BCUT2D eigenvalue weighted by Gasteiger charge is 2.22. The van der Waals surface area contributed by atoms with Gasteiger partial charge in [-0.25, -0.2) is 4.98 Å². The SMILES string of the molecule is CC(Nc1nc(Cl)ncc1N)C1CCCC1. The summed E-state index contributed by atoms with van der Waals surface area (Å²) in [6, 6.07) is 0.385. The first-order valence-corrected chi connectivity index (χ1v) is 6.09. The maximum absolute atomic E-state index is 5.79. The lowest BCUT2D eigenvalue weighted by Crippen LogP contribution is -2.25. The second-order valence-electron chi connectivity index (χ2n) is 4.42. The largest absolute Gasteiger partial charge is 0.394 e. The minimum absolute atomic E-state index is 0.232. The van der Waals surface area contributed by atoms with Crippen LogP contribution in [0.2, 0.25) is 5.28 Å². The van der Waals surface area contributed by atoms with Gasteiger partial charge in [0.15, 0.2) is 5.82 Å². The van der Waals surface area contributed by atoms with E-state index in [1.54, 1.807) is 6.20 Å². The van der Waals surface area contributed by atoms with Crippen LogP contribution in [0.5, 0.6) is 0 Å². The standard InChI is InChI=1S/C11H17ClN4/c1-7(8-4-2-3-5-8)15-10-9(13)6-14-11(12)16-10/h6-8H,2-5,13H2,1H3,(H,14,15,16). The van der Waals surface area contributed by atoms with E-state index in [0.717, 1.165) is 0 Å². The van der Waals surface area contributed by atoms with Gasteiger partial charge in [-0.3, -0.25) is 0 Å². The molecule has 0 spiro atoms. The van der Waals surface area contributed by atoms with Crippen molar-refractivity contribution >= 4 is 23.1 Å².